The molecule has 4 aromatic rings. The second kappa shape index (κ2) is 7.91. The topological polar surface area (TPSA) is 12.9 Å². The number of benzene rings is 3. The third-order valence-corrected chi connectivity index (χ3v) is 6.68. The van der Waals surface area contributed by atoms with Crippen LogP contribution in [0.4, 0.5) is 0 Å². The molecule has 1 heteroatoms. The molecule has 0 radical (unpaired) electrons. The summed E-state index contributed by atoms with van der Waals surface area (Å²) in [5, 5.41) is 0. The summed E-state index contributed by atoms with van der Waals surface area (Å²) in [6, 6.07) is 30.6. The normalized spacial score (nSPS) is 14.3. The first-order chi connectivity index (χ1) is 15.4. The van der Waals surface area contributed by atoms with E-state index in [4.69, 9.17) is 4.98 Å². The zero-order valence-electron chi connectivity index (χ0n) is 19.3. The van der Waals surface area contributed by atoms with E-state index in [0.717, 1.165) is 5.69 Å². The fraction of sp³-hybridized carbons (Fsp3) is 0.194. The lowest BCUT2D eigenvalue weighted by Gasteiger charge is -2.28. The predicted molar refractivity (Wildman–Crippen MR) is 137 cm³/mol. The molecule has 0 N–H and O–H groups in total. The van der Waals surface area contributed by atoms with E-state index in [-0.39, 0.29) is 5.41 Å². The summed E-state index contributed by atoms with van der Waals surface area (Å²) in [7, 11) is 0. The molecule has 0 unspecified atom stereocenters. The lowest BCUT2D eigenvalue weighted by Crippen LogP contribution is -2.17. The van der Waals surface area contributed by atoms with Crippen molar-refractivity contribution in [3.05, 3.63) is 113 Å². The van der Waals surface area contributed by atoms with Gasteiger partial charge in [0.15, 0.2) is 0 Å². The number of aromatic nitrogens is 1. The van der Waals surface area contributed by atoms with Gasteiger partial charge >= 0.3 is 0 Å². The molecule has 1 aliphatic carbocycles. The molecule has 0 atom stereocenters. The summed E-state index contributed by atoms with van der Waals surface area (Å²) in [6.45, 7) is 9.16. The quantitative estimate of drug-likeness (QED) is 0.326. The van der Waals surface area contributed by atoms with Crippen LogP contribution in [0.3, 0.4) is 0 Å². The van der Waals surface area contributed by atoms with Gasteiger partial charge in [-0.05, 0) is 75.2 Å². The highest BCUT2D eigenvalue weighted by Gasteiger charge is 2.36. The van der Waals surface area contributed by atoms with E-state index in [1.54, 1.807) is 0 Å². The van der Waals surface area contributed by atoms with E-state index >= 15 is 0 Å². The van der Waals surface area contributed by atoms with Crippen LogP contribution in [0, 0.1) is 0 Å². The maximum atomic E-state index is 4.75. The van der Waals surface area contributed by atoms with E-state index in [1.807, 2.05) is 6.20 Å². The third kappa shape index (κ3) is 3.48. The highest BCUT2D eigenvalue weighted by Crippen LogP contribution is 2.51. The molecule has 0 aliphatic heterocycles. The molecule has 0 spiro atoms. The molecule has 3 aromatic carbocycles. The first-order valence-corrected chi connectivity index (χ1v) is 11.4. The largest absolute Gasteiger partial charge is 0.256 e. The number of hydrogen-bond acceptors (Lipinski definition) is 1. The fourth-order valence-corrected chi connectivity index (χ4v) is 4.97. The average Bonchev–Trinajstić information content (AvgIpc) is 3.10. The van der Waals surface area contributed by atoms with Crippen LogP contribution in [-0.2, 0) is 5.41 Å². The van der Waals surface area contributed by atoms with Crippen LogP contribution in [-0.4, -0.2) is 4.98 Å². The Morgan fingerprint density at radius 1 is 0.719 bits per heavy atom. The minimum absolute atomic E-state index is 0.0897. The summed E-state index contributed by atoms with van der Waals surface area (Å²) in [5.74, 6) is 0.475. The predicted octanol–water partition coefficient (Wildman–Crippen LogP) is 8.37. The van der Waals surface area contributed by atoms with Crippen molar-refractivity contribution in [1.82, 2.24) is 4.98 Å². The van der Waals surface area contributed by atoms with E-state index in [2.05, 4.69) is 119 Å². The summed E-state index contributed by atoms with van der Waals surface area (Å²) in [4.78, 5) is 4.75. The highest BCUT2D eigenvalue weighted by atomic mass is 14.7. The Hall–Kier alpha value is -3.45. The molecule has 0 saturated carbocycles. The van der Waals surface area contributed by atoms with Crippen LogP contribution in [0.5, 0.6) is 0 Å². The number of hydrogen-bond donors (Lipinski definition) is 0. The molecular weight excluding hydrogens is 386 g/mol. The van der Waals surface area contributed by atoms with E-state index in [0.29, 0.717) is 5.92 Å². The van der Waals surface area contributed by atoms with E-state index in [9.17, 15) is 0 Å². The van der Waals surface area contributed by atoms with E-state index < -0.39 is 0 Å². The van der Waals surface area contributed by atoms with Crippen LogP contribution in [0.1, 0.15) is 55.9 Å². The molecule has 1 heterocycles. The van der Waals surface area contributed by atoms with Crippen molar-refractivity contribution in [1.29, 1.82) is 0 Å². The van der Waals surface area contributed by atoms with Gasteiger partial charge in [0, 0.05) is 17.2 Å². The Bertz CT molecular complexity index is 1300. The molecule has 158 valence electrons. The maximum absolute atomic E-state index is 4.75. The van der Waals surface area contributed by atoms with Gasteiger partial charge in [0.25, 0.3) is 0 Å². The molecule has 0 saturated heterocycles. The Kier molecular flexibility index (Phi) is 5.06. The van der Waals surface area contributed by atoms with Crippen LogP contribution in [0.25, 0.3) is 34.0 Å². The maximum Gasteiger partial charge on any atom is 0.0705 e. The van der Waals surface area contributed by atoms with Crippen molar-refractivity contribution >= 4 is 11.6 Å². The van der Waals surface area contributed by atoms with Gasteiger partial charge in [0.2, 0.25) is 0 Å². The van der Waals surface area contributed by atoms with Crippen LogP contribution < -0.4 is 0 Å². The van der Waals surface area contributed by atoms with Gasteiger partial charge in [0.05, 0.1) is 5.69 Å². The van der Waals surface area contributed by atoms with Gasteiger partial charge in [-0.15, -0.1) is 0 Å². The number of allylic oxidation sites excluding steroid dienone is 1. The van der Waals surface area contributed by atoms with Gasteiger partial charge in [-0.3, -0.25) is 4.98 Å². The Morgan fingerprint density at radius 3 is 2.03 bits per heavy atom. The molecule has 1 nitrogen and oxygen atoms in total. The zero-order valence-corrected chi connectivity index (χ0v) is 19.3. The first-order valence-electron chi connectivity index (χ1n) is 11.4. The number of rotatable bonds is 4. The van der Waals surface area contributed by atoms with Crippen LogP contribution in [0.15, 0.2) is 91.1 Å². The van der Waals surface area contributed by atoms with Crippen LogP contribution >= 0.6 is 0 Å². The van der Waals surface area contributed by atoms with Crippen molar-refractivity contribution in [3.8, 4) is 22.4 Å². The average molecular weight is 416 g/mol. The van der Waals surface area contributed by atoms with Gasteiger partial charge in [-0.25, -0.2) is 0 Å². The molecule has 1 aliphatic rings. The zero-order chi connectivity index (χ0) is 22.3. The Morgan fingerprint density at radius 2 is 1.38 bits per heavy atom. The fourth-order valence-electron chi connectivity index (χ4n) is 4.97. The van der Waals surface area contributed by atoms with Crippen molar-refractivity contribution in [2.24, 2.45) is 0 Å². The number of nitrogens with zero attached hydrogens (tertiary/aromatic N) is 1. The number of fused-ring (bicyclic) bond motifs is 1. The van der Waals surface area contributed by atoms with Crippen molar-refractivity contribution < 1.29 is 0 Å². The molecule has 0 amide bonds. The molecule has 0 bridgehead atoms. The molecule has 1 aromatic heterocycles. The van der Waals surface area contributed by atoms with Gasteiger partial charge in [-0.1, -0.05) is 88.4 Å². The lowest BCUT2D eigenvalue weighted by molar-refractivity contribution is 0.706. The van der Waals surface area contributed by atoms with Crippen LogP contribution in [0.2, 0.25) is 0 Å². The lowest BCUT2D eigenvalue weighted by atomic mass is 9.75. The van der Waals surface area contributed by atoms with Gasteiger partial charge in [-0.2, -0.15) is 0 Å². The van der Waals surface area contributed by atoms with Gasteiger partial charge in [0.1, 0.15) is 0 Å². The third-order valence-electron chi connectivity index (χ3n) is 6.68. The Balaban J connectivity index is 1.75. The highest BCUT2D eigenvalue weighted by molar-refractivity contribution is 5.98. The molecule has 32 heavy (non-hydrogen) atoms. The van der Waals surface area contributed by atoms with E-state index in [1.165, 1.54) is 44.5 Å². The molecule has 5 rings (SSSR count). The standard InChI is InChI=1S/C31H29N/c1-21(2)24-15-16-32-29(20-24)25-17-26-19-28(23-13-9-6-10-14-23)31(3,4)30(26)27(18-25)22-11-7-5-8-12-22/h5-21H,1-4H3. The van der Waals surface area contributed by atoms with Gasteiger partial charge < -0.3 is 0 Å². The van der Waals surface area contributed by atoms with Crippen molar-refractivity contribution in [2.45, 2.75) is 39.0 Å². The minimum atomic E-state index is -0.0897. The smallest absolute Gasteiger partial charge is 0.0705 e. The second-order valence-corrected chi connectivity index (χ2v) is 9.53. The first kappa shape index (κ1) is 20.5. The summed E-state index contributed by atoms with van der Waals surface area (Å²) >= 11 is 0. The van der Waals surface area contributed by atoms with Crippen molar-refractivity contribution in [2.75, 3.05) is 0 Å². The second-order valence-electron chi connectivity index (χ2n) is 9.53. The SMILES string of the molecule is CC(C)c1ccnc(-c2cc3c(c(-c4ccccc4)c2)C(C)(C)C(c2ccccc2)=C3)c1. The molecule has 0 fully saturated rings. The Labute approximate surface area is 191 Å². The monoisotopic (exact) mass is 415 g/mol. The summed E-state index contributed by atoms with van der Waals surface area (Å²) in [6.07, 6.45) is 4.32. The molecular formula is C31H29N. The number of pyridine rings is 1. The van der Waals surface area contributed by atoms with Crippen molar-refractivity contribution in [3.63, 3.8) is 0 Å². The summed E-state index contributed by atoms with van der Waals surface area (Å²) in [5.41, 5.74) is 11.3. The summed E-state index contributed by atoms with van der Waals surface area (Å²) < 4.78 is 0. The minimum Gasteiger partial charge on any atom is -0.256 e.